The van der Waals surface area contributed by atoms with Crippen molar-refractivity contribution in [3.63, 3.8) is 0 Å². The lowest BCUT2D eigenvalue weighted by Gasteiger charge is -2.19. The van der Waals surface area contributed by atoms with Crippen LogP contribution in [0, 0.1) is 6.92 Å². The van der Waals surface area contributed by atoms with Gasteiger partial charge in [-0.15, -0.1) is 0 Å². The molecule has 0 unspecified atom stereocenters. The van der Waals surface area contributed by atoms with Crippen molar-refractivity contribution in [3.05, 3.63) is 41.9 Å². The first-order valence-corrected chi connectivity index (χ1v) is 5.40. The Morgan fingerprint density at radius 3 is 2.69 bits per heavy atom. The van der Waals surface area contributed by atoms with E-state index in [0.29, 0.717) is 6.54 Å². The van der Waals surface area contributed by atoms with Crippen LogP contribution >= 0.6 is 0 Å². The van der Waals surface area contributed by atoms with E-state index in [1.165, 1.54) is 5.69 Å². The maximum atomic E-state index is 8.95. The molecule has 1 N–H and O–H groups in total. The molecule has 0 aliphatic heterocycles. The number of nitrogens with zero attached hydrogens (tertiary/aromatic N) is 2. The summed E-state index contributed by atoms with van der Waals surface area (Å²) in [6.07, 6.45) is 3.44. The molecule has 1 rings (SSSR count). The van der Waals surface area contributed by atoms with Crippen molar-refractivity contribution in [3.8, 4) is 0 Å². The molecule has 0 bridgehead atoms. The molecule has 3 nitrogen and oxygen atoms in total. The lowest BCUT2D eigenvalue weighted by atomic mass is 9.92. The maximum absolute atomic E-state index is 8.95. The van der Waals surface area contributed by atoms with Crippen LogP contribution in [0.25, 0.3) is 0 Å². The van der Waals surface area contributed by atoms with Crippen molar-refractivity contribution in [2.75, 3.05) is 0 Å². The molecule has 0 amide bonds. The summed E-state index contributed by atoms with van der Waals surface area (Å²) in [6, 6.07) is 2.10. The minimum atomic E-state index is 0.0705. The van der Waals surface area contributed by atoms with E-state index < -0.39 is 0 Å². The van der Waals surface area contributed by atoms with Gasteiger partial charge >= 0.3 is 0 Å². The number of aliphatic hydroxyl groups is 1. The van der Waals surface area contributed by atoms with Crippen LogP contribution in [0.15, 0.2) is 30.6 Å². The summed E-state index contributed by atoms with van der Waals surface area (Å²) >= 11 is 0. The summed E-state index contributed by atoms with van der Waals surface area (Å²) in [5.74, 6) is 0.0705. The van der Waals surface area contributed by atoms with E-state index in [-0.39, 0.29) is 11.2 Å². The topological polar surface area (TPSA) is 38.0 Å². The molecule has 0 radical (unpaired) electrons. The third-order valence-electron chi connectivity index (χ3n) is 2.26. The normalized spacial score (nSPS) is 12.2. The fraction of sp³-hybridized carbons (Fsp3) is 0.462. The molecule has 0 aliphatic carbocycles. The van der Waals surface area contributed by atoms with Crippen LogP contribution in [0.3, 0.4) is 0 Å². The van der Waals surface area contributed by atoms with Gasteiger partial charge in [-0.2, -0.15) is 5.10 Å². The Morgan fingerprint density at radius 2 is 2.19 bits per heavy atom. The van der Waals surface area contributed by atoms with Crippen molar-refractivity contribution in [1.82, 2.24) is 9.78 Å². The van der Waals surface area contributed by atoms with Gasteiger partial charge in [0.1, 0.15) is 5.76 Å². The first kappa shape index (κ1) is 12.6. The second-order valence-corrected chi connectivity index (χ2v) is 5.00. The average Bonchev–Trinajstić information content (AvgIpc) is 2.45. The lowest BCUT2D eigenvalue weighted by Crippen LogP contribution is -2.18. The molecule has 0 saturated heterocycles. The monoisotopic (exact) mass is 220 g/mol. The van der Waals surface area contributed by atoms with E-state index in [2.05, 4.69) is 38.5 Å². The number of aryl methyl sites for hydroxylation is 1. The number of hydrogen-bond donors (Lipinski definition) is 1. The second-order valence-electron chi connectivity index (χ2n) is 5.00. The van der Waals surface area contributed by atoms with Crippen LogP contribution in [-0.2, 0) is 12.0 Å². The highest BCUT2D eigenvalue weighted by Crippen LogP contribution is 2.22. The van der Waals surface area contributed by atoms with E-state index in [9.17, 15) is 0 Å². The minimum absolute atomic E-state index is 0.0705. The van der Waals surface area contributed by atoms with Gasteiger partial charge < -0.3 is 5.11 Å². The van der Waals surface area contributed by atoms with Crippen LogP contribution in [-0.4, -0.2) is 14.9 Å². The molecule has 0 aliphatic rings. The van der Waals surface area contributed by atoms with Crippen LogP contribution in [0.1, 0.15) is 32.2 Å². The van der Waals surface area contributed by atoms with E-state index in [4.69, 9.17) is 5.11 Å². The average molecular weight is 220 g/mol. The van der Waals surface area contributed by atoms with E-state index >= 15 is 0 Å². The van der Waals surface area contributed by atoms with Crippen molar-refractivity contribution in [1.29, 1.82) is 0 Å². The highest BCUT2D eigenvalue weighted by Gasteiger charge is 2.19. The molecule has 0 atom stereocenters. The van der Waals surface area contributed by atoms with Crippen LogP contribution in [0.5, 0.6) is 0 Å². The first-order valence-electron chi connectivity index (χ1n) is 5.40. The molecular weight excluding hydrogens is 200 g/mol. The standard InChI is InChI=1S/C13H20N2O/c1-10-9-12(13(3,4)5)15(14-10)8-6-7-11(2)16/h6-7,9,16H,2,8H2,1,3-5H3/b7-6+. The summed E-state index contributed by atoms with van der Waals surface area (Å²) in [4.78, 5) is 0. The van der Waals surface area contributed by atoms with Crippen molar-refractivity contribution >= 4 is 0 Å². The zero-order chi connectivity index (χ0) is 12.3. The largest absolute Gasteiger partial charge is 0.509 e. The van der Waals surface area contributed by atoms with Gasteiger partial charge in [0.25, 0.3) is 0 Å². The van der Waals surface area contributed by atoms with Gasteiger partial charge in [-0.1, -0.05) is 33.4 Å². The summed E-state index contributed by atoms with van der Waals surface area (Å²) in [5, 5.41) is 13.4. The highest BCUT2D eigenvalue weighted by molar-refractivity contribution is 5.18. The molecule has 3 heteroatoms. The molecule has 1 aromatic heterocycles. The Morgan fingerprint density at radius 1 is 1.56 bits per heavy atom. The molecule has 16 heavy (non-hydrogen) atoms. The van der Waals surface area contributed by atoms with Gasteiger partial charge in [-0.25, -0.2) is 0 Å². The summed E-state index contributed by atoms with van der Waals surface area (Å²) in [6.45, 7) is 12.5. The van der Waals surface area contributed by atoms with Crippen molar-refractivity contribution in [2.24, 2.45) is 0 Å². The maximum Gasteiger partial charge on any atom is 0.108 e. The Labute approximate surface area is 97.1 Å². The Hall–Kier alpha value is -1.51. The third-order valence-corrected chi connectivity index (χ3v) is 2.26. The molecule has 0 fully saturated rings. The molecule has 0 aromatic carbocycles. The Bertz CT molecular complexity index is 408. The molecular formula is C13H20N2O. The number of aromatic nitrogens is 2. The van der Waals surface area contributed by atoms with Crippen LogP contribution < -0.4 is 0 Å². The summed E-state index contributed by atoms with van der Waals surface area (Å²) in [7, 11) is 0. The number of hydrogen-bond acceptors (Lipinski definition) is 2. The lowest BCUT2D eigenvalue weighted by molar-refractivity contribution is 0.434. The SMILES string of the molecule is C=C(O)/C=C/Cn1nc(C)cc1C(C)(C)C. The van der Waals surface area contributed by atoms with Gasteiger partial charge in [0.15, 0.2) is 0 Å². The Balaban J connectivity index is 2.92. The predicted molar refractivity (Wildman–Crippen MR) is 66.6 cm³/mol. The molecule has 1 heterocycles. The minimum Gasteiger partial charge on any atom is -0.509 e. The fourth-order valence-corrected chi connectivity index (χ4v) is 1.58. The second kappa shape index (κ2) is 4.56. The van der Waals surface area contributed by atoms with Crippen LogP contribution in [0.2, 0.25) is 0 Å². The van der Waals surface area contributed by atoms with Gasteiger partial charge in [0.2, 0.25) is 0 Å². The Kier molecular flexibility index (Phi) is 3.58. The quantitative estimate of drug-likeness (QED) is 0.628. The summed E-state index contributed by atoms with van der Waals surface area (Å²) < 4.78 is 1.95. The van der Waals surface area contributed by atoms with Crippen molar-refractivity contribution < 1.29 is 5.11 Å². The van der Waals surface area contributed by atoms with Crippen LogP contribution in [0.4, 0.5) is 0 Å². The molecule has 88 valence electrons. The zero-order valence-electron chi connectivity index (χ0n) is 10.5. The number of rotatable bonds is 3. The molecule has 0 saturated carbocycles. The third kappa shape index (κ3) is 3.26. The van der Waals surface area contributed by atoms with E-state index in [1.807, 2.05) is 17.7 Å². The molecule has 0 spiro atoms. The molecule has 1 aromatic rings. The highest BCUT2D eigenvalue weighted by atomic mass is 16.3. The number of allylic oxidation sites excluding steroid dienone is 2. The van der Waals surface area contributed by atoms with Gasteiger partial charge in [-0.3, -0.25) is 4.68 Å². The zero-order valence-corrected chi connectivity index (χ0v) is 10.5. The summed E-state index contributed by atoms with van der Waals surface area (Å²) in [5.41, 5.74) is 2.28. The predicted octanol–water partition coefficient (Wildman–Crippen LogP) is 3.12. The smallest absolute Gasteiger partial charge is 0.108 e. The first-order chi connectivity index (χ1) is 7.30. The fourth-order valence-electron chi connectivity index (χ4n) is 1.58. The number of aliphatic hydroxyl groups excluding tert-OH is 1. The van der Waals surface area contributed by atoms with E-state index in [1.54, 1.807) is 6.08 Å². The van der Waals surface area contributed by atoms with Gasteiger partial charge in [-0.05, 0) is 19.1 Å². The van der Waals surface area contributed by atoms with E-state index in [0.717, 1.165) is 5.69 Å². The van der Waals surface area contributed by atoms with Gasteiger partial charge in [0, 0.05) is 11.1 Å². The van der Waals surface area contributed by atoms with Gasteiger partial charge in [0.05, 0.1) is 12.2 Å². The van der Waals surface area contributed by atoms with Crippen molar-refractivity contribution in [2.45, 2.75) is 39.7 Å².